The number of allylic oxidation sites excluding steroid dienone is 4. The van der Waals surface area contributed by atoms with Crippen LogP contribution in [-0.2, 0) is 25.5 Å². The van der Waals surface area contributed by atoms with Crippen molar-refractivity contribution in [2.45, 2.75) is 70.1 Å². The maximum absolute atomic E-state index is 13.7. The number of benzene rings is 2. The van der Waals surface area contributed by atoms with E-state index in [2.05, 4.69) is 6.92 Å². The summed E-state index contributed by atoms with van der Waals surface area (Å²) in [7, 11) is 0. The quantitative estimate of drug-likeness (QED) is 0.331. The molecule has 4 N–H and O–H groups in total. The monoisotopic (exact) mass is 597 g/mol. The van der Waals surface area contributed by atoms with Crippen molar-refractivity contribution in [2.75, 3.05) is 12.3 Å². The van der Waals surface area contributed by atoms with Gasteiger partial charge in [0, 0.05) is 40.0 Å². The predicted molar refractivity (Wildman–Crippen MR) is 162 cm³/mol. The highest BCUT2D eigenvalue weighted by Crippen LogP contribution is 2.70. The van der Waals surface area contributed by atoms with Crippen molar-refractivity contribution in [2.24, 2.45) is 28.6 Å². The first-order chi connectivity index (χ1) is 21.0. The van der Waals surface area contributed by atoms with Crippen LogP contribution in [0.15, 0.2) is 72.3 Å². The molecule has 0 unspecified atom stereocenters. The molecule has 1 heterocycles. The Bertz CT molecular complexity index is 1600. The van der Waals surface area contributed by atoms with Gasteiger partial charge in [-0.3, -0.25) is 14.4 Å². The number of anilines is 1. The standard InChI is InChI=1S/C36H39NO7/c1-34-13-12-25(39)16-23(34)10-11-26-27-17-31-36(30(42)19-38,35(27,2)18-29(41)32(26)34)44-33(43-31)22-8-6-21(7-9-22)28(40)15-20-4-3-5-24(37)14-20/h3-9,12-14,16,26-27,29,31-33,38,41H,10-11,15,17-19,37H2,1-2H3/t26-,27-,29-,31+,32+,33-,34-,35-,36+/m0/s1. The maximum Gasteiger partial charge on any atom is 0.193 e. The predicted octanol–water partition coefficient (Wildman–Crippen LogP) is 4.30. The van der Waals surface area contributed by atoms with Crippen LogP contribution in [0.1, 0.15) is 67.3 Å². The Morgan fingerprint density at radius 3 is 2.61 bits per heavy atom. The van der Waals surface area contributed by atoms with Crippen LogP contribution in [0.5, 0.6) is 0 Å². The molecule has 5 aliphatic rings. The van der Waals surface area contributed by atoms with E-state index in [0.29, 0.717) is 29.7 Å². The first-order valence-corrected chi connectivity index (χ1v) is 15.6. The number of ketones is 3. The number of carbonyl (C=O) groups excluding carboxylic acids is 3. The molecule has 3 saturated carbocycles. The van der Waals surface area contributed by atoms with Crippen molar-refractivity contribution in [3.8, 4) is 0 Å². The molecule has 2 aromatic carbocycles. The number of nitrogens with two attached hydrogens (primary N) is 1. The van der Waals surface area contributed by atoms with Gasteiger partial charge in [0.1, 0.15) is 6.61 Å². The molecule has 0 bridgehead atoms. The summed E-state index contributed by atoms with van der Waals surface area (Å²) in [5.41, 5.74) is 6.97. The normalized spacial score (nSPS) is 38.7. The van der Waals surface area contributed by atoms with E-state index in [9.17, 15) is 24.6 Å². The van der Waals surface area contributed by atoms with Crippen LogP contribution < -0.4 is 5.73 Å². The zero-order valence-corrected chi connectivity index (χ0v) is 25.1. The molecule has 8 heteroatoms. The second kappa shape index (κ2) is 10.3. The third-order valence-corrected chi connectivity index (χ3v) is 11.6. The molecule has 9 atom stereocenters. The van der Waals surface area contributed by atoms with Crippen LogP contribution in [-0.4, -0.2) is 52.0 Å². The van der Waals surface area contributed by atoms with Gasteiger partial charge in [0.25, 0.3) is 0 Å². The third kappa shape index (κ3) is 4.15. The Morgan fingerprint density at radius 1 is 1.11 bits per heavy atom. The van der Waals surface area contributed by atoms with E-state index in [1.54, 1.807) is 48.6 Å². The van der Waals surface area contributed by atoms with Crippen molar-refractivity contribution in [3.05, 3.63) is 89.0 Å². The van der Waals surface area contributed by atoms with Gasteiger partial charge in [-0.25, -0.2) is 0 Å². The molecular formula is C36H39NO7. The number of hydrogen-bond donors (Lipinski definition) is 3. The minimum absolute atomic E-state index is 0.0134. The number of Topliss-reactive ketones (excluding diaryl/α,β-unsaturated/α-hetero) is 2. The lowest BCUT2D eigenvalue weighted by Crippen LogP contribution is -2.63. The van der Waals surface area contributed by atoms with E-state index >= 15 is 0 Å². The summed E-state index contributed by atoms with van der Waals surface area (Å²) in [6.07, 6.45) is 5.79. The van der Waals surface area contributed by atoms with E-state index in [1.807, 2.05) is 25.1 Å². The SMILES string of the molecule is C[C@]12C=CC(=O)C=C1CC[C@@H]1[C@@H]2[C@@H](O)C[C@@]2(C)[C@H]1C[C@H]1O[C@H](c3ccc(C(=O)Cc4cccc(N)c4)cc3)O[C@]12C(=O)CO. The fourth-order valence-electron chi connectivity index (χ4n) is 9.65. The lowest BCUT2D eigenvalue weighted by atomic mass is 9.46. The summed E-state index contributed by atoms with van der Waals surface area (Å²) < 4.78 is 13.2. The molecule has 8 nitrogen and oxygen atoms in total. The molecular weight excluding hydrogens is 558 g/mol. The van der Waals surface area contributed by atoms with Gasteiger partial charge in [0.15, 0.2) is 29.2 Å². The van der Waals surface area contributed by atoms with E-state index in [1.165, 1.54) is 0 Å². The van der Waals surface area contributed by atoms with E-state index in [-0.39, 0.29) is 35.7 Å². The number of fused-ring (bicyclic) bond motifs is 7. The van der Waals surface area contributed by atoms with Crippen molar-refractivity contribution >= 4 is 23.0 Å². The smallest absolute Gasteiger partial charge is 0.193 e. The highest BCUT2D eigenvalue weighted by Gasteiger charge is 2.75. The number of nitrogen functional groups attached to an aromatic ring is 1. The topological polar surface area (TPSA) is 136 Å². The second-order valence-electron chi connectivity index (χ2n) is 13.8. The molecule has 7 rings (SSSR count). The first kappa shape index (κ1) is 29.3. The lowest BCUT2D eigenvalue weighted by Gasteiger charge is -2.59. The Balaban J connectivity index is 1.15. The maximum atomic E-state index is 13.7. The van der Waals surface area contributed by atoms with Gasteiger partial charge in [-0.1, -0.05) is 61.9 Å². The number of ether oxygens (including phenoxy) is 2. The molecule has 2 aromatic rings. The molecule has 4 aliphatic carbocycles. The fourth-order valence-corrected chi connectivity index (χ4v) is 9.65. The highest BCUT2D eigenvalue weighted by molar-refractivity contribution is 6.01. The summed E-state index contributed by atoms with van der Waals surface area (Å²) in [4.78, 5) is 38.8. The molecule has 4 fully saturated rings. The van der Waals surface area contributed by atoms with Crippen molar-refractivity contribution < 1.29 is 34.1 Å². The van der Waals surface area contributed by atoms with Crippen LogP contribution in [0.3, 0.4) is 0 Å². The number of carbonyl (C=O) groups is 3. The molecule has 230 valence electrons. The van der Waals surface area contributed by atoms with Gasteiger partial charge in [-0.05, 0) is 67.4 Å². The van der Waals surface area contributed by atoms with Gasteiger partial charge >= 0.3 is 0 Å². The Morgan fingerprint density at radius 2 is 1.89 bits per heavy atom. The molecule has 0 radical (unpaired) electrons. The summed E-state index contributed by atoms with van der Waals surface area (Å²) in [5.74, 6) is -0.474. The summed E-state index contributed by atoms with van der Waals surface area (Å²) >= 11 is 0. The van der Waals surface area contributed by atoms with Gasteiger partial charge in [0.05, 0.1) is 12.2 Å². The Kier molecular flexibility index (Phi) is 6.86. The first-order valence-electron chi connectivity index (χ1n) is 15.6. The van der Waals surface area contributed by atoms with Crippen LogP contribution >= 0.6 is 0 Å². The molecule has 0 aromatic heterocycles. The highest BCUT2D eigenvalue weighted by atomic mass is 16.7. The molecule has 0 amide bonds. The van der Waals surface area contributed by atoms with Gasteiger partial charge in [-0.15, -0.1) is 0 Å². The van der Waals surface area contributed by atoms with Gasteiger partial charge < -0.3 is 25.4 Å². The van der Waals surface area contributed by atoms with Crippen LogP contribution in [0.25, 0.3) is 0 Å². The summed E-state index contributed by atoms with van der Waals surface area (Å²) in [6, 6.07) is 14.3. The number of rotatable bonds is 6. The minimum Gasteiger partial charge on any atom is -0.399 e. The number of aliphatic hydroxyl groups excluding tert-OH is 2. The van der Waals surface area contributed by atoms with Gasteiger partial charge in [-0.2, -0.15) is 0 Å². The minimum atomic E-state index is -1.42. The van der Waals surface area contributed by atoms with Crippen LogP contribution in [0, 0.1) is 28.6 Å². The van der Waals surface area contributed by atoms with Crippen molar-refractivity contribution in [1.82, 2.24) is 0 Å². The van der Waals surface area contributed by atoms with Crippen LogP contribution in [0.4, 0.5) is 5.69 Å². The summed E-state index contributed by atoms with van der Waals surface area (Å²) in [5, 5.41) is 22.0. The van der Waals surface area contributed by atoms with E-state index in [4.69, 9.17) is 15.2 Å². The average Bonchev–Trinajstić information content (AvgIpc) is 3.50. The molecule has 1 aliphatic heterocycles. The lowest BCUT2D eigenvalue weighted by molar-refractivity contribution is -0.201. The van der Waals surface area contributed by atoms with Crippen molar-refractivity contribution in [3.63, 3.8) is 0 Å². The van der Waals surface area contributed by atoms with Crippen LogP contribution in [0.2, 0.25) is 0 Å². The zero-order valence-electron chi connectivity index (χ0n) is 25.1. The molecule has 44 heavy (non-hydrogen) atoms. The second-order valence-corrected chi connectivity index (χ2v) is 13.8. The van der Waals surface area contributed by atoms with E-state index in [0.717, 1.165) is 24.0 Å². The fraction of sp³-hybridized carbons (Fsp3) is 0.472. The van der Waals surface area contributed by atoms with Crippen molar-refractivity contribution in [1.29, 1.82) is 0 Å². The number of hydrogen-bond acceptors (Lipinski definition) is 8. The Hall–Kier alpha value is -3.43. The molecule has 1 saturated heterocycles. The largest absolute Gasteiger partial charge is 0.399 e. The van der Waals surface area contributed by atoms with Gasteiger partial charge in [0.2, 0.25) is 0 Å². The summed E-state index contributed by atoms with van der Waals surface area (Å²) in [6.45, 7) is 3.44. The number of aliphatic hydroxyl groups is 2. The van der Waals surface area contributed by atoms with E-state index < -0.39 is 47.3 Å². The molecule has 0 spiro atoms. The zero-order chi connectivity index (χ0) is 31.0. The average molecular weight is 598 g/mol. The third-order valence-electron chi connectivity index (χ3n) is 11.6. The Labute approximate surface area is 256 Å².